The zero-order valence-electron chi connectivity index (χ0n) is 15.3. The molecule has 4 rings (SSSR count). The maximum absolute atomic E-state index is 14.8. The molecule has 0 amide bonds. The van der Waals surface area contributed by atoms with Crippen molar-refractivity contribution in [3.8, 4) is 0 Å². The Balaban J connectivity index is 2.09. The molecule has 25 heavy (non-hydrogen) atoms. The topological polar surface area (TPSA) is 29.7 Å². The molecular weight excluding hydrogens is 313 g/mol. The standard InChI is InChI=1S/C21H22FN3/c1-13-8-6-11-17-23-12-16(25(13)17)19-14-9-7-10-15(22)18(14)20(2,3)21(4,5)24-19/h6-12H,1-5H3. The molecule has 3 nitrogen and oxygen atoms in total. The van der Waals surface area contributed by atoms with Gasteiger partial charge in [-0.05, 0) is 39.0 Å². The highest BCUT2D eigenvalue weighted by molar-refractivity contribution is 6.14. The van der Waals surface area contributed by atoms with E-state index in [1.54, 1.807) is 12.1 Å². The molecule has 0 fully saturated rings. The van der Waals surface area contributed by atoms with Gasteiger partial charge in [-0.25, -0.2) is 9.37 Å². The maximum atomic E-state index is 14.8. The van der Waals surface area contributed by atoms with Crippen molar-refractivity contribution in [2.75, 3.05) is 0 Å². The Kier molecular flexibility index (Phi) is 3.21. The van der Waals surface area contributed by atoms with Crippen LogP contribution in [0.1, 0.15) is 50.2 Å². The first-order valence-corrected chi connectivity index (χ1v) is 8.57. The predicted octanol–water partition coefficient (Wildman–Crippen LogP) is 4.69. The Hall–Kier alpha value is -2.49. The fraction of sp³-hybridized carbons (Fsp3) is 0.333. The minimum absolute atomic E-state index is 0.173. The van der Waals surface area contributed by atoms with Crippen molar-refractivity contribution in [3.63, 3.8) is 0 Å². The summed E-state index contributed by atoms with van der Waals surface area (Å²) >= 11 is 0. The molecule has 4 heteroatoms. The molecule has 0 aliphatic carbocycles. The average Bonchev–Trinajstić information content (AvgIpc) is 2.96. The van der Waals surface area contributed by atoms with Gasteiger partial charge in [-0.2, -0.15) is 0 Å². The molecule has 0 radical (unpaired) electrons. The Morgan fingerprint density at radius 1 is 1.00 bits per heavy atom. The molecule has 128 valence electrons. The Labute approximate surface area is 147 Å². The van der Waals surface area contributed by atoms with Gasteiger partial charge in [0.15, 0.2) is 0 Å². The van der Waals surface area contributed by atoms with E-state index in [2.05, 4.69) is 37.1 Å². The summed E-state index contributed by atoms with van der Waals surface area (Å²) in [6, 6.07) is 11.3. The number of fused-ring (bicyclic) bond motifs is 2. The van der Waals surface area contributed by atoms with Crippen molar-refractivity contribution in [2.45, 2.75) is 45.6 Å². The normalized spacial score (nSPS) is 18.1. The monoisotopic (exact) mass is 335 g/mol. The molecular formula is C21H22FN3. The average molecular weight is 335 g/mol. The molecule has 1 aliphatic heterocycles. The number of aryl methyl sites for hydroxylation is 1. The number of hydrogen-bond donors (Lipinski definition) is 0. The van der Waals surface area contributed by atoms with Crippen molar-refractivity contribution in [2.24, 2.45) is 4.99 Å². The molecule has 0 atom stereocenters. The highest BCUT2D eigenvalue weighted by Crippen LogP contribution is 2.45. The molecule has 0 saturated heterocycles. The lowest BCUT2D eigenvalue weighted by atomic mass is 9.65. The molecule has 0 bridgehead atoms. The molecule has 2 aromatic heterocycles. The van der Waals surface area contributed by atoms with E-state index in [9.17, 15) is 4.39 Å². The number of rotatable bonds is 1. The number of aliphatic imine (C=N–C) groups is 1. The summed E-state index contributed by atoms with van der Waals surface area (Å²) in [7, 11) is 0. The third-order valence-corrected chi connectivity index (χ3v) is 5.78. The molecule has 1 aromatic carbocycles. The van der Waals surface area contributed by atoms with E-state index in [0.29, 0.717) is 0 Å². The van der Waals surface area contributed by atoms with Gasteiger partial charge in [-0.1, -0.05) is 32.0 Å². The summed E-state index contributed by atoms with van der Waals surface area (Å²) in [6.07, 6.45) is 1.84. The maximum Gasteiger partial charge on any atom is 0.137 e. The van der Waals surface area contributed by atoms with E-state index in [4.69, 9.17) is 4.99 Å². The fourth-order valence-corrected chi connectivity index (χ4v) is 3.71. The lowest BCUT2D eigenvalue weighted by Crippen LogP contribution is -2.47. The molecule has 0 N–H and O–H groups in total. The summed E-state index contributed by atoms with van der Waals surface area (Å²) in [6.45, 7) is 10.3. The number of halogens is 1. The lowest BCUT2D eigenvalue weighted by Gasteiger charge is -2.44. The minimum atomic E-state index is -0.440. The van der Waals surface area contributed by atoms with E-state index in [1.165, 1.54) is 0 Å². The highest BCUT2D eigenvalue weighted by atomic mass is 19.1. The van der Waals surface area contributed by atoms with E-state index in [-0.39, 0.29) is 5.82 Å². The van der Waals surface area contributed by atoms with Gasteiger partial charge in [-0.15, -0.1) is 0 Å². The number of aromatic nitrogens is 2. The second-order valence-electron chi connectivity index (χ2n) is 7.81. The number of hydrogen-bond acceptors (Lipinski definition) is 2. The number of benzene rings is 1. The van der Waals surface area contributed by atoms with Crippen molar-refractivity contribution in [3.05, 3.63) is 70.9 Å². The smallest absolute Gasteiger partial charge is 0.137 e. The van der Waals surface area contributed by atoms with Gasteiger partial charge in [0, 0.05) is 22.2 Å². The van der Waals surface area contributed by atoms with Crippen LogP contribution in [0.25, 0.3) is 5.65 Å². The largest absolute Gasteiger partial charge is 0.295 e. The zero-order valence-corrected chi connectivity index (χ0v) is 15.3. The number of imidazole rings is 1. The molecule has 0 saturated carbocycles. The lowest BCUT2D eigenvalue weighted by molar-refractivity contribution is 0.293. The fourth-order valence-electron chi connectivity index (χ4n) is 3.71. The Morgan fingerprint density at radius 3 is 2.48 bits per heavy atom. The van der Waals surface area contributed by atoms with Gasteiger partial charge < -0.3 is 0 Å². The van der Waals surface area contributed by atoms with Gasteiger partial charge in [0.05, 0.1) is 23.1 Å². The van der Waals surface area contributed by atoms with Crippen LogP contribution in [0.3, 0.4) is 0 Å². The predicted molar refractivity (Wildman–Crippen MR) is 99.1 cm³/mol. The van der Waals surface area contributed by atoms with Crippen LogP contribution in [-0.2, 0) is 5.41 Å². The molecule has 1 aliphatic rings. The number of pyridine rings is 1. The first-order valence-electron chi connectivity index (χ1n) is 8.57. The van der Waals surface area contributed by atoms with Crippen LogP contribution in [-0.4, -0.2) is 20.6 Å². The third-order valence-electron chi connectivity index (χ3n) is 5.78. The molecule has 3 aromatic rings. The first kappa shape index (κ1) is 16.0. The van der Waals surface area contributed by atoms with Gasteiger partial charge in [-0.3, -0.25) is 9.39 Å². The molecule has 0 unspecified atom stereocenters. The zero-order chi connectivity index (χ0) is 18.0. The van der Waals surface area contributed by atoms with Gasteiger partial charge in [0.2, 0.25) is 0 Å². The van der Waals surface area contributed by atoms with Crippen molar-refractivity contribution in [1.29, 1.82) is 0 Å². The van der Waals surface area contributed by atoms with E-state index < -0.39 is 11.0 Å². The van der Waals surface area contributed by atoms with Crippen LogP contribution < -0.4 is 0 Å². The quantitative estimate of drug-likeness (QED) is 0.634. The van der Waals surface area contributed by atoms with Crippen molar-refractivity contribution >= 4 is 11.4 Å². The van der Waals surface area contributed by atoms with Crippen molar-refractivity contribution in [1.82, 2.24) is 9.38 Å². The Morgan fingerprint density at radius 2 is 1.72 bits per heavy atom. The van der Waals surface area contributed by atoms with Crippen LogP contribution in [0, 0.1) is 12.7 Å². The summed E-state index contributed by atoms with van der Waals surface area (Å²) < 4.78 is 16.9. The van der Waals surface area contributed by atoms with Gasteiger partial charge in [0.1, 0.15) is 11.5 Å². The van der Waals surface area contributed by atoms with Crippen LogP contribution in [0.5, 0.6) is 0 Å². The van der Waals surface area contributed by atoms with Crippen molar-refractivity contribution < 1.29 is 4.39 Å². The molecule has 0 spiro atoms. The van der Waals surface area contributed by atoms with Gasteiger partial charge in [0.25, 0.3) is 0 Å². The second-order valence-corrected chi connectivity index (χ2v) is 7.81. The first-order chi connectivity index (χ1) is 11.7. The van der Waals surface area contributed by atoms with E-state index >= 15 is 0 Å². The minimum Gasteiger partial charge on any atom is -0.295 e. The second kappa shape index (κ2) is 5.01. The third kappa shape index (κ3) is 2.10. The Bertz CT molecular complexity index is 1020. The molecule has 3 heterocycles. The summed E-state index contributed by atoms with van der Waals surface area (Å²) in [4.78, 5) is 9.59. The van der Waals surface area contributed by atoms with Crippen LogP contribution in [0.15, 0.2) is 47.6 Å². The highest BCUT2D eigenvalue weighted by Gasteiger charge is 2.45. The van der Waals surface area contributed by atoms with Crippen LogP contribution in [0.4, 0.5) is 4.39 Å². The van der Waals surface area contributed by atoms with E-state index in [1.807, 2.05) is 37.4 Å². The van der Waals surface area contributed by atoms with Gasteiger partial charge >= 0.3 is 0 Å². The van der Waals surface area contributed by atoms with E-state index in [0.717, 1.165) is 33.9 Å². The van der Waals surface area contributed by atoms with Crippen LogP contribution in [0.2, 0.25) is 0 Å². The number of nitrogens with zero attached hydrogens (tertiary/aromatic N) is 3. The van der Waals surface area contributed by atoms with Crippen LogP contribution >= 0.6 is 0 Å². The SMILES string of the molecule is Cc1cccc2ncc(C3=NC(C)(C)C(C)(C)c4c(F)cccc43)n12. The summed E-state index contributed by atoms with van der Waals surface area (Å²) in [5.41, 5.74) is 4.40. The summed E-state index contributed by atoms with van der Waals surface area (Å²) in [5, 5.41) is 0. The summed E-state index contributed by atoms with van der Waals surface area (Å²) in [5.74, 6) is -0.173.